The van der Waals surface area contributed by atoms with Crippen molar-refractivity contribution in [1.82, 2.24) is 15.3 Å². The third-order valence-corrected chi connectivity index (χ3v) is 2.01. The van der Waals surface area contributed by atoms with Gasteiger partial charge in [-0.1, -0.05) is 0 Å². The lowest BCUT2D eigenvalue weighted by atomic mass is 10.3. The molecule has 1 aliphatic heterocycles. The van der Waals surface area contributed by atoms with E-state index in [2.05, 4.69) is 20.6 Å². The van der Waals surface area contributed by atoms with Crippen LogP contribution in [0, 0.1) is 5.82 Å². The van der Waals surface area contributed by atoms with E-state index in [1.807, 2.05) is 0 Å². The summed E-state index contributed by atoms with van der Waals surface area (Å²) in [4.78, 5) is 7.63. The van der Waals surface area contributed by atoms with Crippen molar-refractivity contribution in [1.29, 1.82) is 0 Å². The van der Waals surface area contributed by atoms with Gasteiger partial charge in [-0.25, -0.2) is 14.4 Å². The Morgan fingerprint density at radius 2 is 2.23 bits per heavy atom. The van der Waals surface area contributed by atoms with Gasteiger partial charge in [0.25, 0.3) is 0 Å². The molecule has 1 aliphatic rings. The van der Waals surface area contributed by atoms with E-state index in [0.717, 1.165) is 31.9 Å². The number of hydrogen-bond acceptors (Lipinski definition) is 4. The topological polar surface area (TPSA) is 49.8 Å². The third kappa shape index (κ3) is 2.12. The molecule has 2 N–H and O–H groups in total. The van der Waals surface area contributed by atoms with Crippen LogP contribution in [0.1, 0.15) is 6.42 Å². The van der Waals surface area contributed by atoms with E-state index in [4.69, 9.17) is 0 Å². The maximum Gasteiger partial charge on any atom is 0.223 e. The fraction of sp³-hybridized carbons (Fsp3) is 0.500. The lowest BCUT2D eigenvalue weighted by Gasteiger charge is -2.09. The standard InChI is InChI=1S/C8H11FN4/c9-6-3-11-8(12-4-6)13-7-1-2-10-5-7/h3-4,7,10H,1-2,5H2,(H,11,12,13)/t7-/m1/s1. The molecule has 0 spiro atoms. The van der Waals surface area contributed by atoms with Gasteiger partial charge < -0.3 is 10.6 Å². The highest BCUT2D eigenvalue weighted by Crippen LogP contribution is 2.05. The molecule has 1 saturated heterocycles. The maximum absolute atomic E-state index is 12.4. The van der Waals surface area contributed by atoms with Crippen LogP contribution in [-0.4, -0.2) is 29.1 Å². The average molecular weight is 182 g/mol. The van der Waals surface area contributed by atoms with Gasteiger partial charge >= 0.3 is 0 Å². The monoisotopic (exact) mass is 182 g/mol. The fourth-order valence-corrected chi connectivity index (χ4v) is 1.35. The van der Waals surface area contributed by atoms with E-state index in [1.54, 1.807) is 0 Å². The van der Waals surface area contributed by atoms with Crippen LogP contribution < -0.4 is 10.6 Å². The van der Waals surface area contributed by atoms with Gasteiger partial charge in [-0.3, -0.25) is 0 Å². The Morgan fingerprint density at radius 3 is 2.85 bits per heavy atom. The van der Waals surface area contributed by atoms with E-state index in [-0.39, 0.29) is 0 Å². The normalized spacial score (nSPS) is 21.8. The van der Waals surface area contributed by atoms with Crippen LogP contribution in [-0.2, 0) is 0 Å². The Hall–Kier alpha value is -1.23. The van der Waals surface area contributed by atoms with Gasteiger partial charge in [0.05, 0.1) is 12.4 Å². The quantitative estimate of drug-likeness (QED) is 0.694. The maximum atomic E-state index is 12.4. The van der Waals surface area contributed by atoms with Crippen molar-refractivity contribution in [2.45, 2.75) is 12.5 Å². The first-order valence-corrected chi connectivity index (χ1v) is 4.29. The largest absolute Gasteiger partial charge is 0.350 e. The summed E-state index contributed by atoms with van der Waals surface area (Å²) in [6, 6.07) is 0.366. The molecule has 1 aromatic heterocycles. The van der Waals surface area contributed by atoms with Crippen LogP contribution in [0.2, 0.25) is 0 Å². The van der Waals surface area contributed by atoms with Crippen molar-refractivity contribution in [2.24, 2.45) is 0 Å². The molecule has 0 amide bonds. The summed E-state index contributed by atoms with van der Waals surface area (Å²) >= 11 is 0. The summed E-state index contributed by atoms with van der Waals surface area (Å²) in [7, 11) is 0. The number of rotatable bonds is 2. The van der Waals surface area contributed by atoms with Gasteiger partial charge in [0.1, 0.15) is 0 Å². The van der Waals surface area contributed by atoms with Crippen LogP contribution in [0.4, 0.5) is 10.3 Å². The molecular formula is C8H11FN4. The van der Waals surface area contributed by atoms with Crippen LogP contribution in [0.5, 0.6) is 0 Å². The van der Waals surface area contributed by atoms with Gasteiger partial charge in [0, 0.05) is 12.6 Å². The van der Waals surface area contributed by atoms with Gasteiger partial charge in [-0.15, -0.1) is 0 Å². The van der Waals surface area contributed by atoms with Gasteiger partial charge in [-0.05, 0) is 13.0 Å². The van der Waals surface area contributed by atoms with Crippen LogP contribution >= 0.6 is 0 Å². The van der Waals surface area contributed by atoms with Gasteiger partial charge in [-0.2, -0.15) is 0 Å². The second-order valence-electron chi connectivity index (χ2n) is 3.06. The highest BCUT2D eigenvalue weighted by Gasteiger charge is 2.14. The number of hydrogen-bond donors (Lipinski definition) is 2. The molecule has 13 heavy (non-hydrogen) atoms. The van der Waals surface area contributed by atoms with E-state index in [0.29, 0.717) is 12.0 Å². The summed E-state index contributed by atoms with van der Waals surface area (Å²) in [5, 5.41) is 6.33. The van der Waals surface area contributed by atoms with Crippen molar-refractivity contribution in [2.75, 3.05) is 18.4 Å². The number of nitrogens with one attached hydrogen (secondary N) is 2. The smallest absolute Gasteiger partial charge is 0.223 e. The molecular weight excluding hydrogens is 171 g/mol. The summed E-state index contributed by atoms with van der Waals surface area (Å²) in [5.74, 6) is 0.0881. The Balaban J connectivity index is 1.97. The van der Waals surface area contributed by atoms with E-state index in [1.165, 1.54) is 0 Å². The highest BCUT2D eigenvalue weighted by molar-refractivity contribution is 5.25. The van der Waals surface area contributed by atoms with Gasteiger partial charge in [0.2, 0.25) is 5.95 Å². The molecule has 70 valence electrons. The van der Waals surface area contributed by atoms with Crippen LogP contribution in [0.25, 0.3) is 0 Å². The minimum atomic E-state index is -0.407. The number of aromatic nitrogens is 2. The van der Waals surface area contributed by atoms with E-state index >= 15 is 0 Å². The zero-order valence-corrected chi connectivity index (χ0v) is 7.13. The minimum Gasteiger partial charge on any atom is -0.350 e. The molecule has 0 aliphatic carbocycles. The minimum absolute atomic E-state index is 0.366. The molecule has 1 fully saturated rings. The fourth-order valence-electron chi connectivity index (χ4n) is 1.35. The molecule has 0 aromatic carbocycles. The molecule has 1 aromatic rings. The lowest BCUT2D eigenvalue weighted by Crippen LogP contribution is -2.23. The van der Waals surface area contributed by atoms with Crippen molar-refractivity contribution in [3.05, 3.63) is 18.2 Å². The molecule has 4 nitrogen and oxygen atoms in total. The summed E-state index contributed by atoms with van der Waals surface area (Å²) in [6.45, 7) is 1.93. The summed E-state index contributed by atoms with van der Waals surface area (Å²) in [6.07, 6.45) is 3.39. The number of anilines is 1. The molecule has 0 saturated carbocycles. The van der Waals surface area contributed by atoms with Crippen molar-refractivity contribution >= 4 is 5.95 Å². The predicted molar refractivity (Wildman–Crippen MR) is 46.9 cm³/mol. The third-order valence-electron chi connectivity index (χ3n) is 2.01. The predicted octanol–water partition coefficient (Wildman–Crippen LogP) is 0.389. The Bertz CT molecular complexity index is 268. The van der Waals surface area contributed by atoms with E-state index in [9.17, 15) is 4.39 Å². The van der Waals surface area contributed by atoms with Crippen LogP contribution in [0.3, 0.4) is 0 Å². The van der Waals surface area contributed by atoms with Gasteiger partial charge in [0.15, 0.2) is 5.82 Å². The summed E-state index contributed by atoms with van der Waals surface area (Å²) in [5.41, 5.74) is 0. The molecule has 2 rings (SSSR count). The first-order chi connectivity index (χ1) is 6.34. The lowest BCUT2D eigenvalue weighted by molar-refractivity contribution is 0.613. The average Bonchev–Trinajstić information content (AvgIpc) is 2.62. The molecule has 2 heterocycles. The molecule has 0 unspecified atom stereocenters. The Labute approximate surface area is 75.6 Å². The Morgan fingerprint density at radius 1 is 1.46 bits per heavy atom. The van der Waals surface area contributed by atoms with Crippen molar-refractivity contribution < 1.29 is 4.39 Å². The highest BCUT2D eigenvalue weighted by atomic mass is 19.1. The Kier molecular flexibility index (Phi) is 2.35. The number of nitrogens with zero attached hydrogens (tertiary/aromatic N) is 2. The number of halogens is 1. The second-order valence-corrected chi connectivity index (χ2v) is 3.06. The van der Waals surface area contributed by atoms with Crippen LogP contribution in [0.15, 0.2) is 12.4 Å². The second kappa shape index (κ2) is 3.66. The van der Waals surface area contributed by atoms with Crippen molar-refractivity contribution in [3.8, 4) is 0 Å². The zero-order chi connectivity index (χ0) is 9.10. The first-order valence-electron chi connectivity index (χ1n) is 4.29. The first kappa shape index (κ1) is 8.37. The van der Waals surface area contributed by atoms with E-state index < -0.39 is 5.82 Å². The summed E-state index contributed by atoms with van der Waals surface area (Å²) < 4.78 is 12.4. The molecule has 1 atom stereocenters. The molecule has 0 bridgehead atoms. The SMILES string of the molecule is Fc1cnc(N[C@@H]2CCNC2)nc1. The molecule has 5 heteroatoms. The molecule has 0 radical (unpaired) electrons. The zero-order valence-electron chi connectivity index (χ0n) is 7.13. The van der Waals surface area contributed by atoms with Crippen molar-refractivity contribution in [3.63, 3.8) is 0 Å².